The lowest BCUT2D eigenvalue weighted by atomic mass is 10.1. The van der Waals surface area contributed by atoms with E-state index in [0.29, 0.717) is 21.9 Å². The second-order valence-electron chi connectivity index (χ2n) is 3.91. The van der Waals surface area contributed by atoms with Gasteiger partial charge in [0.15, 0.2) is 12.4 Å². The molecule has 0 saturated carbocycles. The van der Waals surface area contributed by atoms with Gasteiger partial charge in [0.25, 0.3) is 0 Å². The zero-order valence-corrected chi connectivity index (χ0v) is 10.8. The third-order valence-corrected chi connectivity index (χ3v) is 2.80. The summed E-state index contributed by atoms with van der Waals surface area (Å²) in [4.78, 5) is 22.3. The van der Waals surface area contributed by atoms with Gasteiger partial charge in [-0.25, -0.2) is 0 Å². The Labute approximate surface area is 115 Å². The molecule has 0 N–H and O–H groups in total. The third kappa shape index (κ3) is 3.66. The Balaban J connectivity index is 1.96. The standard InChI is InChI=1S/C15H11ClO3/c16-13-5-3-12(4-6-13)15(18)10-19-14-7-1-11(9-17)2-8-14/h1-9H,10H2. The second-order valence-corrected chi connectivity index (χ2v) is 4.34. The fraction of sp³-hybridized carbons (Fsp3) is 0.0667. The van der Waals surface area contributed by atoms with E-state index in [-0.39, 0.29) is 12.4 Å². The Morgan fingerprint density at radius 3 is 2.26 bits per heavy atom. The zero-order chi connectivity index (χ0) is 13.7. The van der Waals surface area contributed by atoms with Gasteiger partial charge in [0.05, 0.1) is 0 Å². The molecule has 0 heterocycles. The molecule has 2 rings (SSSR count). The zero-order valence-electron chi connectivity index (χ0n) is 10.0. The van der Waals surface area contributed by atoms with Gasteiger partial charge in [-0.15, -0.1) is 0 Å². The normalized spacial score (nSPS) is 9.95. The van der Waals surface area contributed by atoms with Crippen LogP contribution in [0.5, 0.6) is 5.75 Å². The molecule has 0 atom stereocenters. The van der Waals surface area contributed by atoms with Crippen LogP contribution in [0.15, 0.2) is 48.5 Å². The van der Waals surface area contributed by atoms with Gasteiger partial charge in [-0.1, -0.05) is 11.6 Å². The van der Waals surface area contributed by atoms with Crippen LogP contribution < -0.4 is 4.74 Å². The molecule has 0 unspecified atom stereocenters. The average molecular weight is 275 g/mol. The number of ether oxygens (including phenoxy) is 1. The summed E-state index contributed by atoms with van der Waals surface area (Å²) in [6.07, 6.45) is 0.753. The number of carbonyl (C=O) groups excluding carboxylic acids is 2. The monoisotopic (exact) mass is 274 g/mol. The van der Waals surface area contributed by atoms with E-state index >= 15 is 0 Å². The number of Topliss-reactive ketones (excluding diaryl/α,β-unsaturated/α-hetero) is 1. The molecule has 4 heteroatoms. The summed E-state index contributed by atoms with van der Waals surface area (Å²) in [6, 6.07) is 13.2. The Morgan fingerprint density at radius 1 is 1.05 bits per heavy atom. The topological polar surface area (TPSA) is 43.4 Å². The molecule has 0 radical (unpaired) electrons. The minimum absolute atomic E-state index is 0.0535. The second kappa shape index (κ2) is 6.16. The summed E-state index contributed by atoms with van der Waals surface area (Å²) in [5, 5.41) is 0.585. The van der Waals surface area contributed by atoms with Crippen molar-refractivity contribution in [2.45, 2.75) is 0 Å². The number of hydrogen-bond acceptors (Lipinski definition) is 3. The van der Waals surface area contributed by atoms with Crippen LogP contribution in [-0.4, -0.2) is 18.7 Å². The van der Waals surface area contributed by atoms with Gasteiger partial charge in [-0.05, 0) is 48.5 Å². The quantitative estimate of drug-likeness (QED) is 0.620. The Bertz CT molecular complexity index is 573. The lowest BCUT2D eigenvalue weighted by Crippen LogP contribution is -2.11. The first-order valence-corrected chi connectivity index (χ1v) is 6.03. The molecule has 96 valence electrons. The first kappa shape index (κ1) is 13.3. The molecule has 19 heavy (non-hydrogen) atoms. The number of hydrogen-bond donors (Lipinski definition) is 0. The molecule has 0 aliphatic heterocycles. The highest BCUT2D eigenvalue weighted by Crippen LogP contribution is 2.13. The number of benzene rings is 2. The fourth-order valence-corrected chi connectivity index (χ4v) is 1.64. The van der Waals surface area contributed by atoms with Gasteiger partial charge in [0, 0.05) is 16.1 Å². The van der Waals surface area contributed by atoms with E-state index in [1.807, 2.05) is 0 Å². The molecule has 0 aliphatic carbocycles. The molecule has 0 fully saturated rings. The first-order valence-electron chi connectivity index (χ1n) is 5.66. The summed E-state index contributed by atoms with van der Waals surface area (Å²) in [7, 11) is 0. The molecule has 0 spiro atoms. The van der Waals surface area contributed by atoms with Gasteiger partial charge >= 0.3 is 0 Å². The van der Waals surface area contributed by atoms with E-state index in [0.717, 1.165) is 6.29 Å². The van der Waals surface area contributed by atoms with Crippen molar-refractivity contribution in [2.75, 3.05) is 6.61 Å². The molecule has 2 aromatic carbocycles. The number of carbonyl (C=O) groups is 2. The highest BCUT2D eigenvalue weighted by molar-refractivity contribution is 6.30. The highest BCUT2D eigenvalue weighted by atomic mass is 35.5. The van der Waals surface area contributed by atoms with Gasteiger partial charge in [0.2, 0.25) is 0 Å². The van der Waals surface area contributed by atoms with Crippen LogP contribution in [0.2, 0.25) is 5.02 Å². The van der Waals surface area contributed by atoms with Crippen LogP contribution in [0.1, 0.15) is 20.7 Å². The van der Waals surface area contributed by atoms with Crippen molar-refractivity contribution in [3.63, 3.8) is 0 Å². The fourth-order valence-electron chi connectivity index (χ4n) is 1.51. The van der Waals surface area contributed by atoms with Crippen molar-refractivity contribution in [1.82, 2.24) is 0 Å². The summed E-state index contributed by atoms with van der Waals surface area (Å²) in [5.74, 6) is 0.420. The Hall–Kier alpha value is -2.13. The maximum Gasteiger partial charge on any atom is 0.200 e. The van der Waals surface area contributed by atoms with E-state index in [4.69, 9.17) is 16.3 Å². The Kier molecular flexibility index (Phi) is 4.31. The van der Waals surface area contributed by atoms with Crippen molar-refractivity contribution in [3.05, 3.63) is 64.7 Å². The van der Waals surface area contributed by atoms with E-state index in [9.17, 15) is 9.59 Å². The van der Waals surface area contributed by atoms with Crippen molar-refractivity contribution >= 4 is 23.7 Å². The highest BCUT2D eigenvalue weighted by Gasteiger charge is 2.06. The molecule has 3 nitrogen and oxygen atoms in total. The van der Waals surface area contributed by atoms with Crippen LogP contribution in [0.4, 0.5) is 0 Å². The number of aldehydes is 1. The van der Waals surface area contributed by atoms with Gasteiger partial charge in [0.1, 0.15) is 12.0 Å². The van der Waals surface area contributed by atoms with Crippen molar-refractivity contribution in [3.8, 4) is 5.75 Å². The van der Waals surface area contributed by atoms with E-state index < -0.39 is 0 Å². The molecule has 2 aromatic rings. The third-order valence-electron chi connectivity index (χ3n) is 2.55. The SMILES string of the molecule is O=Cc1ccc(OCC(=O)c2ccc(Cl)cc2)cc1. The maximum absolute atomic E-state index is 11.8. The first-order chi connectivity index (χ1) is 9.19. The Morgan fingerprint density at radius 2 is 1.68 bits per heavy atom. The molecule has 0 amide bonds. The summed E-state index contributed by atoms with van der Waals surface area (Å²) < 4.78 is 5.35. The predicted molar refractivity (Wildman–Crippen MR) is 73.1 cm³/mol. The molecule has 0 saturated heterocycles. The van der Waals surface area contributed by atoms with Crippen LogP contribution >= 0.6 is 11.6 Å². The molecule has 0 bridgehead atoms. The van der Waals surface area contributed by atoms with E-state index in [1.165, 1.54) is 0 Å². The van der Waals surface area contributed by atoms with Crippen LogP contribution in [0, 0.1) is 0 Å². The van der Waals surface area contributed by atoms with Gasteiger partial charge in [-0.2, -0.15) is 0 Å². The van der Waals surface area contributed by atoms with E-state index in [1.54, 1.807) is 48.5 Å². The lowest BCUT2D eigenvalue weighted by Gasteiger charge is -2.05. The van der Waals surface area contributed by atoms with Gasteiger partial charge < -0.3 is 4.74 Å². The van der Waals surface area contributed by atoms with Crippen molar-refractivity contribution < 1.29 is 14.3 Å². The summed E-state index contributed by atoms with van der Waals surface area (Å²) in [6.45, 7) is -0.0535. The van der Waals surface area contributed by atoms with Crippen molar-refractivity contribution in [2.24, 2.45) is 0 Å². The van der Waals surface area contributed by atoms with Crippen LogP contribution in [0.25, 0.3) is 0 Å². The smallest absolute Gasteiger partial charge is 0.200 e. The summed E-state index contributed by atoms with van der Waals surface area (Å²) in [5.41, 5.74) is 1.12. The van der Waals surface area contributed by atoms with Crippen LogP contribution in [-0.2, 0) is 0 Å². The van der Waals surface area contributed by atoms with Gasteiger partial charge in [-0.3, -0.25) is 9.59 Å². The minimum atomic E-state index is -0.129. The maximum atomic E-state index is 11.8. The molecule has 0 aliphatic rings. The number of rotatable bonds is 5. The molecular formula is C15H11ClO3. The summed E-state index contributed by atoms with van der Waals surface area (Å²) >= 11 is 5.75. The van der Waals surface area contributed by atoms with E-state index in [2.05, 4.69) is 0 Å². The number of halogens is 1. The molecule has 0 aromatic heterocycles. The van der Waals surface area contributed by atoms with Crippen molar-refractivity contribution in [1.29, 1.82) is 0 Å². The minimum Gasteiger partial charge on any atom is -0.485 e. The largest absolute Gasteiger partial charge is 0.485 e. The molecular weight excluding hydrogens is 264 g/mol. The predicted octanol–water partition coefficient (Wildman–Crippen LogP) is 3.41. The average Bonchev–Trinajstić information content (AvgIpc) is 2.46. The number of ketones is 1. The van der Waals surface area contributed by atoms with Crippen LogP contribution in [0.3, 0.4) is 0 Å². The lowest BCUT2D eigenvalue weighted by molar-refractivity contribution is 0.0921.